The predicted molar refractivity (Wildman–Crippen MR) is 111 cm³/mol. The Labute approximate surface area is 176 Å². The number of fused-ring (bicyclic) bond motifs is 1. The van der Waals surface area contributed by atoms with Gasteiger partial charge >= 0.3 is 0 Å². The third-order valence-corrected chi connectivity index (χ3v) is 7.23. The van der Waals surface area contributed by atoms with Gasteiger partial charge in [-0.15, -0.1) is 0 Å². The van der Waals surface area contributed by atoms with E-state index in [1.165, 1.54) is 22.0 Å². The fraction of sp³-hybridized carbons (Fsp3) is 0.318. The molecule has 0 aliphatic carbocycles. The molecule has 0 saturated heterocycles. The van der Waals surface area contributed by atoms with Gasteiger partial charge in [0.2, 0.25) is 10.0 Å². The van der Waals surface area contributed by atoms with Crippen LogP contribution in [-0.4, -0.2) is 29.0 Å². The van der Waals surface area contributed by atoms with Gasteiger partial charge in [-0.1, -0.05) is 29.8 Å². The van der Waals surface area contributed by atoms with Crippen molar-refractivity contribution in [2.75, 3.05) is 6.54 Å². The van der Waals surface area contributed by atoms with Crippen molar-refractivity contribution in [1.82, 2.24) is 14.1 Å². The molecule has 1 aliphatic heterocycles. The summed E-state index contributed by atoms with van der Waals surface area (Å²) in [6.07, 6.45) is 0.567. The Balaban J connectivity index is 1.50. The zero-order valence-corrected chi connectivity index (χ0v) is 17.8. The maximum atomic E-state index is 13.2. The van der Waals surface area contributed by atoms with Crippen LogP contribution >= 0.6 is 0 Å². The molecule has 0 amide bonds. The molecular formula is C22H24FN3O3S. The molecule has 2 aromatic carbocycles. The monoisotopic (exact) mass is 429 g/mol. The van der Waals surface area contributed by atoms with Crippen LogP contribution in [0.2, 0.25) is 0 Å². The zero-order valence-electron chi connectivity index (χ0n) is 17.0. The van der Waals surface area contributed by atoms with Crippen LogP contribution in [-0.2, 0) is 48.0 Å². The van der Waals surface area contributed by atoms with E-state index in [1.807, 2.05) is 42.9 Å². The molecule has 1 aromatic heterocycles. The summed E-state index contributed by atoms with van der Waals surface area (Å²) in [5.74, 6) is -0.463. The molecule has 0 unspecified atom stereocenters. The van der Waals surface area contributed by atoms with Crippen LogP contribution in [0, 0.1) is 12.7 Å². The van der Waals surface area contributed by atoms with Crippen molar-refractivity contribution in [2.24, 2.45) is 7.05 Å². The first-order valence-electron chi connectivity index (χ1n) is 9.77. The van der Waals surface area contributed by atoms with Gasteiger partial charge in [0.05, 0.1) is 23.8 Å². The van der Waals surface area contributed by atoms with Crippen LogP contribution in [0.4, 0.5) is 4.39 Å². The van der Waals surface area contributed by atoms with Crippen molar-refractivity contribution >= 4 is 10.0 Å². The molecular weight excluding hydrogens is 405 g/mol. The minimum Gasteiger partial charge on any atom is -0.370 e. The molecule has 6 nitrogen and oxygen atoms in total. The van der Waals surface area contributed by atoms with Crippen molar-refractivity contribution in [3.8, 4) is 0 Å². The summed E-state index contributed by atoms with van der Waals surface area (Å²) in [5, 5.41) is 4.56. The fourth-order valence-corrected chi connectivity index (χ4v) is 5.08. The van der Waals surface area contributed by atoms with Crippen LogP contribution in [0.5, 0.6) is 0 Å². The number of nitrogens with zero attached hydrogens (tertiary/aromatic N) is 3. The molecule has 0 spiro atoms. The second kappa shape index (κ2) is 8.29. The highest BCUT2D eigenvalue weighted by Gasteiger charge is 2.31. The van der Waals surface area contributed by atoms with Crippen LogP contribution in [0.1, 0.15) is 28.1 Å². The van der Waals surface area contributed by atoms with Crippen molar-refractivity contribution < 1.29 is 17.5 Å². The lowest BCUT2D eigenvalue weighted by atomic mass is 10.1. The van der Waals surface area contributed by atoms with E-state index in [9.17, 15) is 12.8 Å². The first-order chi connectivity index (χ1) is 14.3. The van der Waals surface area contributed by atoms with E-state index in [0.717, 1.165) is 34.6 Å². The average Bonchev–Trinajstić information content (AvgIpc) is 3.05. The molecule has 0 radical (unpaired) electrons. The highest BCUT2D eigenvalue weighted by Crippen LogP contribution is 2.27. The van der Waals surface area contributed by atoms with Gasteiger partial charge in [0, 0.05) is 37.8 Å². The summed E-state index contributed by atoms with van der Waals surface area (Å²) in [5.41, 5.74) is 4.93. The Morgan fingerprint density at radius 1 is 1.07 bits per heavy atom. The number of rotatable bonds is 6. The summed E-state index contributed by atoms with van der Waals surface area (Å²) >= 11 is 0. The SMILES string of the molecule is Cc1ccc(COCc2nn(C)c3c2CN(S(=O)(=O)c2ccc(F)cc2)CC3)cc1. The van der Waals surface area contributed by atoms with Crippen LogP contribution < -0.4 is 0 Å². The summed E-state index contributed by atoms with van der Waals surface area (Å²) in [6, 6.07) is 13.1. The topological polar surface area (TPSA) is 64.4 Å². The molecule has 4 rings (SSSR count). The number of benzene rings is 2. The molecule has 8 heteroatoms. The largest absolute Gasteiger partial charge is 0.370 e. The Morgan fingerprint density at radius 3 is 2.47 bits per heavy atom. The van der Waals surface area contributed by atoms with Crippen molar-refractivity contribution in [2.45, 2.75) is 38.0 Å². The lowest BCUT2D eigenvalue weighted by molar-refractivity contribution is 0.103. The molecule has 2 heterocycles. The normalized spacial score (nSPS) is 14.6. The standard InChI is InChI=1S/C22H24FN3O3S/c1-16-3-5-17(6-4-16)14-29-15-21-20-13-26(12-11-22(20)25(2)24-21)30(27,28)19-9-7-18(23)8-10-19/h3-10H,11-15H2,1-2H3. The van der Waals surface area contributed by atoms with Gasteiger partial charge in [-0.2, -0.15) is 9.40 Å². The summed E-state index contributed by atoms with van der Waals surface area (Å²) < 4.78 is 48.3. The molecule has 1 aliphatic rings. The number of hydrogen-bond acceptors (Lipinski definition) is 4. The Kier molecular flexibility index (Phi) is 5.73. The highest BCUT2D eigenvalue weighted by atomic mass is 32.2. The average molecular weight is 430 g/mol. The molecule has 0 N–H and O–H groups in total. The Bertz CT molecular complexity index is 1140. The van der Waals surface area contributed by atoms with E-state index in [4.69, 9.17) is 4.74 Å². The van der Waals surface area contributed by atoms with Gasteiger partial charge in [0.1, 0.15) is 5.82 Å². The minimum absolute atomic E-state index is 0.0911. The first kappa shape index (κ1) is 20.7. The second-order valence-corrected chi connectivity index (χ2v) is 9.45. The van der Waals surface area contributed by atoms with E-state index < -0.39 is 15.8 Å². The number of aryl methyl sites for hydroxylation is 2. The maximum Gasteiger partial charge on any atom is 0.243 e. The number of sulfonamides is 1. The third-order valence-electron chi connectivity index (χ3n) is 5.37. The molecule has 0 fully saturated rings. The van der Waals surface area contributed by atoms with Crippen LogP contribution in [0.15, 0.2) is 53.4 Å². The predicted octanol–water partition coefficient (Wildman–Crippen LogP) is 3.33. The van der Waals surface area contributed by atoms with Gasteiger partial charge in [-0.3, -0.25) is 4.68 Å². The smallest absolute Gasteiger partial charge is 0.243 e. The summed E-state index contributed by atoms with van der Waals surface area (Å²) in [4.78, 5) is 0.0911. The Morgan fingerprint density at radius 2 is 1.77 bits per heavy atom. The van der Waals surface area contributed by atoms with Gasteiger partial charge in [-0.25, -0.2) is 12.8 Å². The van der Waals surface area contributed by atoms with Crippen molar-refractivity contribution in [1.29, 1.82) is 0 Å². The van der Waals surface area contributed by atoms with E-state index in [1.54, 1.807) is 0 Å². The van der Waals surface area contributed by atoms with Gasteiger partial charge in [0.25, 0.3) is 0 Å². The van der Waals surface area contributed by atoms with Gasteiger partial charge in [-0.05, 0) is 36.8 Å². The van der Waals surface area contributed by atoms with Crippen LogP contribution in [0.25, 0.3) is 0 Å². The van der Waals surface area contributed by atoms with Crippen molar-refractivity contribution in [3.05, 3.63) is 82.4 Å². The molecule has 3 aromatic rings. The maximum absolute atomic E-state index is 13.2. The van der Waals surface area contributed by atoms with E-state index >= 15 is 0 Å². The molecule has 30 heavy (non-hydrogen) atoms. The number of aromatic nitrogens is 2. The molecule has 0 bridgehead atoms. The van der Waals surface area contributed by atoms with Crippen LogP contribution in [0.3, 0.4) is 0 Å². The second-order valence-electron chi connectivity index (χ2n) is 7.52. The number of ether oxygens (including phenoxy) is 1. The number of hydrogen-bond donors (Lipinski definition) is 0. The van der Waals surface area contributed by atoms with Crippen molar-refractivity contribution in [3.63, 3.8) is 0 Å². The Hall–Kier alpha value is -2.55. The molecule has 0 saturated carbocycles. The van der Waals surface area contributed by atoms with E-state index in [0.29, 0.717) is 26.2 Å². The van der Waals surface area contributed by atoms with E-state index in [-0.39, 0.29) is 11.4 Å². The highest BCUT2D eigenvalue weighted by molar-refractivity contribution is 7.89. The lowest BCUT2D eigenvalue weighted by Crippen LogP contribution is -2.36. The molecule has 0 atom stereocenters. The summed E-state index contributed by atoms with van der Waals surface area (Å²) in [6.45, 7) is 3.39. The molecule has 158 valence electrons. The summed E-state index contributed by atoms with van der Waals surface area (Å²) in [7, 11) is -1.84. The van der Waals surface area contributed by atoms with Gasteiger partial charge < -0.3 is 4.74 Å². The first-order valence-corrected chi connectivity index (χ1v) is 11.2. The van der Waals surface area contributed by atoms with Gasteiger partial charge in [0.15, 0.2) is 0 Å². The fourth-order valence-electron chi connectivity index (χ4n) is 3.67. The third kappa shape index (κ3) is 4.16. The minimum atomic E-state index is -3.71. The lowest BCUT2D eigenvalue weighted by Gasteiger charge is -2.27. The zero-order chi connectivity index (χ0) is 21.3. The number of halogens is 1. The quantitative estimate of drug-likeness (QED) is 0.603. The van der Waals surface area contributed by atoms with E-state index in [2.05, 4.69) is 5.10 Å².